The summed E-state index contributed by atoms with van der Waals surface area (Å²) in [5, 5.41) is 8.07. The molecule has 112 valence electrons. The van der Waals surface area contributed by atoms with Crippen LogP contribution in [0.25, 0.3) is 0 Å². The van der Waals surface area contributed by atoms with Crippen LogP contribution in [0, 0.1) is 0 Å². The molecular formula is C16H20BrN3O. The summed E-state index contributed by atoms with van der Waals surface area (Å²) in [6.07, 6.45) is 1.88. The van der Waals surface area contributed by atoms with Gasteiger partial charge in [0.25, 0.3) is 0 Å². The molecule has 4 nitrogen and oxygen atoms in total. The van der Waals surface area contributed by atoms with Gasteiger partial charge in [-0.3, -0.25) is 4.68 Å². The summed E-state index contributed by atoms with van der Waals surface area (Å²) < 4.78 is 8.97. The summed E-state index contributed by atoms with van der Waals surface area (Å²) in [6, 6.07) is 8.50. The van der Waals surface area contributed by atoms with Crippen molar-refractivity contribution in [1.82, 2.24) is 15.1 Å². The molecule has 0 saturated carbocycles. The van der Waals surface area contributed by atoms with Crippen LogP contribution in [0.5, 0.6) is 5.75 Å². The molecule has 0 spiro atoms. The molecule has 1 aliphatic heterocycles. The van der Waals surface area contributed by atoms with Gasteiger partial charge >= 0.3 is 0 Å². The Morgan fingerprint density at radius 2 is 2.24 bits per heavy atom. The fourth-order valence-corrected chi connectivity index (χ4v) is 3.59. The number of hydrogen-bond donors (Lipinski definition) is 1. The van der Waals surface area contributed by atoms with E-state index in [9.17, 15) is 0 Å². The van der Waals surface area contributed by atoms with E-state index in [1.807, 2.05) is 18.3 Å². The van der Waals surface area contributed by atoms with E-state index >= 15 is 0 Å². The lowest BCUT2D eigenvalue weighted by atomic mass is 9.91. The Morgan fingerprint density at radius 1 is 1.43 bits per heavy atom. The number of nitrogens with one attached hydrogen (secondary N) is 1. The molecule has 2 unspecified atom stereocenters. The molecule has 0 amide bonds. The van der Waals surface area contributed by atoms with Crippen molar-refractivity contribution in [2.24, 2.45) is 0 Å². The second-order valence-electron chi connectivity index (χ2n) is 5.18. The molecule has 3 rings (SSSR count). The largest absolute Gasteiger partial charge is 0.493 e. The molecule has 0 radical (unpaired) electrons. The number of ether oxygens (including phenoxy) is 1. The lowest BCUT2D eigenvalue weighted by Crippen LogP contribution is -2.30. The van der Waals surface area contributed by atoms with E-state index in [0.717, 1.165) is 23.3 Å². The maximum absolute atomic E-state index is 5.86. The van der Waals surface area contributed by atoms with Gasteiger partial charge in [-0.05, 0) is 35.5 Å². The molecule has 1 aromatic carbocycles. The Kier molecular flexibility index (Phi) is 4.31. The third-order valence-corrected chi connectivity index (χ3v) is 4.60. The van der Waals surface area contributed by atoms with Crippen molar-refractivity contribution in [2.45, 2.75) is 32.4 Å². The normalized spacial score (nSPS) is 18.3. The van der Waals surface area contributed by atoms with Crippen molar-refractivity contribution in [2.75, 3.05) is 13.2 Å². The van der Waals surface area contributed by atoms with Crippen molar-refractivity contribution < 1.29 is 4.74 Å². The Balaban J connectivity index is 2.01. The van der Waals surface area contributed by atoms with Crippen LogP contribution in [-0.2, 0) is 6.54 Å². The van der Waals surface area contributed by atoms with Crippen molar-refractivity contribution >= 4 is 15.9 Å². The van der Waals surface area contributed by atoms with Crippen molar-refractivity contribution in [3.05, 3.63) is 46.2 Å². The van der Waals surface area contributed by atoms with Gasteiger partial charge in [0.1, 0.15) is 5.75 Å². The molecule has 0 fully saturated rings. The van der Waals surface area contributed by atoms with E-state index < -0.39 is 0 Å². The summed E-state index contributed by atoms with van der Waals surface area (Å²) in [5.41, 5.74) is 2.48. The zero-order valence-corrected chi connectivity index (χ0v) is 13.9. The smallest absolute Gasteiger partial charge is 0.122 e. The number of aromatic nitrogens is 2. The van der Waals surface area contributed by atoms with Gasteiger partial charge in [-0.25, -0.2) is 0 Å². The molecule has 0 saturated heterocycles. The van der Waals surface area contributed by atoms with Crippen LogP contribution >= 0.6 is 15.9 Å². The van der Waals surface area contributed by atoms with Crippen LogP contribution in [0.4, 0.5) is 0 Å². The maximum atomic E-state index is 5.86. The van der Waals surface area contributed by atoms with Gasteiger partial charge in [0.15, 0.2) is 0 Å². The number of likely N-dealkylation sites (N-methyl/N-ethyl adjacent to an activating group) is 1. The van der Waals surface area contributed by atoms with Gasteiger partial charge in [0.2, 0.25) is 0 Å². The van der Waals surface area contributed by atoms with Gasteiger partial charge in [0, 0.05) is 18.0 Å². The monoisotopic (exact) mass is 349 g/mol. The van der Waals surface area contributed by atoms with Crippen LogP contribution in [0.1, 0.15) is 37.1 Å². The number of halogens is 1. The van der Waals surface area contributed by atoms with E-state index in [4.69, 9.17) is 4.74 Å². The SMILES string of the molecule is CCNC(c1c(Br)cnn1CC)C1COc2ccccc21. The van der Waals surface area contributed by atoms with Crippen molar-refractivity contribution in [1.29, 1.82) is 0 Å². The van der Waals surface area contributed by atoms with Gasteiger partial charge in [-0.1, -0.05) is 25.1 Å². The van der Waals surface area contributed by atoms with Crippen molar-refractivity contribution in [3.63, 3.8) is 0 Å². The molecular weight excluding hydrogens is 330 g/mol. The summed E-state index contributed by atoms with van der Waals surface area (Å²) in [7, 11) is 0. The average molecular weight is 350 g/mol. The van der Waals surface area contributed by atoms with Crippen LogP contribution < -0.4 is 10.1 Å². The quantitative estimate of drug-likeness (QED) is 0.897. The fraction of sp³-hybridized carbons (Fsp3) is 0.438. The number of aryl methyl sites for hydroxylation is 1. The van der Waals surface area contributed by atoms with Gasteiger partial charge in [-0.2, -0.15) is 5.10 Å². The molecule has 2 aromatic rings. The third-order valence-electron chi connectivity index (χ3n) is 3.99. The number of benzene rings is 1. The van der Waals surface area contributed by atoms with Gasteiger partial charge in [-0.15, -0.1) is 0 Å². The summed E-state index contributed by atoms with van der Waals surface area (Å²) in [5.74, 6) is 1.31. The molecule has 0 bridgehead atoms. The highest BCUT2D eigenvalue weighted by Gasteiger charge is 2.34. The highest BCUT2D eigenvalue weighted by molar-refractivity contribution is 9.10. The summed E-state index contributed by atoms with van der Waals surface area (Å²) in [6.45, 7) is 6.72. The number of hydrogen-bond acceptors (Lipinski definition) is 3. The molecule has 1 N–H and O–H groups in total. The van der Waals surface area contributed by atoms with Crippen LogP contribution in [0.3, 0.4) is 0 Å². The minimum Gasteiger partial charge on any atom is -0.493 e. The first kappa shape index (κ1) is 14.6. The van der Waals surface area contributed by atoms with E-state index in [1.54, 1.807) is 0 Å². The Bertz CT molecular complexity index is 626. The lowest BCUT2D eigenvalue weighted by Gasteiger charge is -2.25. The highest BCUT2D eigenvalue weighted by Crippen LogP contribution is 2.42. The molecule has 1 aromatic heterocycles. The first-order chi connectivity index (χ1) is 10.3. The zero-order chi connectivity index (χ0) is 14.8. The number of para-hydroxylation sites is 1. The standard InChI is InChI=1S/C16H20BrN3O/c1-3-18-15(16-13(17)9-19-20(16)4-2)12-10-21-14-8-6-5-7-11(12)14/h5-9,12,15,18H,3-4,10H2,1-2H3. The summed E-state index contributed by atoms with van der Waals surface area (Å²) in [4.78, 5) is 0. The van der Waals surface area contributed by atoms with E-state index in [0.29, 0.717) is 12.5 Å². The first-order valence-corrected chi connectivity index (χ1v) is 8.21. The molecule has 2 heterocycles. The second kappa shape index (κ2) is 6.20. The topological polar surface area (TPSA) is 39.1 Å². The lowest BCUT2D eigenvalue weighted by molar-refractivity contribution is 0.295. The average Bonchev–Trinajstić information content (AvgIpc) is 3.09. The van der Waals surface area contributed by atoms with Crippen LogP contribution in [-0.4, -0.2) is 22.9 Å². The molecule has 2 atom stereocenters. The number of fused-ring (bicyclic) bond motifs is 1. The fourth-order valence-electron chi connectivity index (χ4n) is 3.05. The second-order valence-corrected chi connectivity index (χ2v) is 6.04. The maximum Gasteiger partial charge on any atom is 0.122 e. The molecule has 1 aliphatic rings. The number of nitrogens with zero attached hydrogens (tertiary/aromatic N) is 2. The van der Waals surface area contributed by atoms with E-state index in [1.165, 1.54) is 11.3 Å². The minimum atomic E-state index is 0.190. The van der Waals surface area contributed by atoms with E-state index in [2.05, 4.69) is 57.0 Å². The molecule has 21 heavy (non-hydrogen) atoms. The van der Waals surface area contributed by atoms with Crippen LogP contribution in [0.15, 0.2) is 34.9 Å². The minimum absolute atomic E-state index is 0.190. The Hall–Kier alpha value is -1.33. The van der Waals surface area contributed by atoms with Crippen molar-refractivity contribution in [3.8, 4) is 5.75 Å². The van der Waals surface area contributed by atoms with Gasteiger partial charge < -0.3 is 10.1 Å². The Morgan fingerprint density at radius 3 is 3.00 bits per heavy atom. The predicted octanol–water partition coefficient (Wildman–Crippen LogP) is 3.49. The third kappa shape index (κ3) is 2.60. The van der Waals surface area contributed by atoms with Crippen LogP contribution in [0.2, 0.25) is 0 Å². The first-order valence-electron chi connectivity index (χ1n) is 7.42. The Labute approximate surface area is 133 Å². The summed E-state index contributed by atoms with van der Waals surface area (Å²) >= 11 is 3.65. The predicted molar refractivity (Wildman–Crippen MR) is 86.7 cm³/mol. The van der Waals surface area contributed by atoms with E-state index in [-0.39, 0.29) is 6.04 Å². The zero-order valence-electron chi connectivity index (χ0n) is 12.3. The molecule has 0 aliphatic carbocycles. The molecule has 5 heteroatoms. The number of rotatable bonds is 5. The highest BCUT2D eigenvalue weighted by atomic mass is 79.9. The van der Waals surface area contributed by atoms with Gasteiger partial charge in [0.05, 0.1) is 29.0 Å².